The van der Waals surface area contributed by atoms with E-state index in [-0.39, 0.29) is 33.9 Å². The molecule has 2 unspecified atom stereocenters. The lowest BCUT2D eigenvalue weighted by atomic mass is 10.1. The fraction of sp³-hybridized carbons (Fsp3) is 0.391. The van der Waals surface area contributed by atoms with Crippen molar-refractivity contribution in [2.24, 2.45) is 0 Å². The van der Waals surface area contributed by atoms with Gasteiger partial charge in [0.05, 0.1) is 22.0 Å². The summed E-state index contributed by atoms with van der Waals surface area (Å²) in [6, 6.07) is 9.13. The zero-order valence-electron chi connectivity index (χ0n) is 19.4. The van der Waals surface area contributed by atoms with Gasteiger partial charge >= 0.3 is 0 Å². The van der Waals surface area contributed by atoms with E-state index < -0.39 is 40.2 Å². The molecule has 186 valence electrons. The van der Waals surface area contributed by atoms with Crippen LogP contribution in [0.1, 0.15) is 32.8 Å². The second kappa shape index (κ2) is 11.9. The van der Waals surface area contributed by atoms with Crippen molar-refractivity contribution in [3.63, 3.8) is 0 Å². The molecule has 0 saturated carbocycles. The molecule has 2 atom stereocenters. The third-order valence-corrected chi connectivity index (χ3v) is 7.28. The van der Waals surface area contributed by atoms with E-state index in [1.807, 2.05) is 13.8 Å². The summed E-state index contributed by atoms with van der Waals surface area (Å²) in [5.41, 5.74) is 0.207. The van der Waals surface area contributed by atoms with Crippen molar-refractivity contribution in [1.82, 2.24) is 10.2 Å². The Kier molecular flexibility index (Phi) is 9.73. The number of carbonyl (C=O) groups excluding carboxylic acids is 2. The largest absolute Gasteiger partial charge is 0.352 e. The Labute approximate surface area is 209 Å². The van der Waals surface area contributed by atoms with Crippen LogP contribution >= 0.6 is 23.2 Å². The molecule has 2 aromatic rings. The van der Waals surface area contributed by atoms with Gasteiger partial charge in [-0.3, -0.25) is 13.9 Å². The van der Waals surface area contributed by atoms with E-state index >= 15 is 0 Å². The molecule has 0 aliphatic carbocycles. The van der Waals surface area contributed by atoms with E-state index in [1.54, 1.807) is 6.07 Å². The molecule has 0 fully saturated rings. The van der Waals surface area contributed by atoms with Gasteiger partial charge in [-0.2, -0.15) is 0 Å². The first-order valence-corrected chi connectivity index (χ1v) is 13.2. The quantitative estimate of drug-likeness (QED) is 0.496. The molecule has 2 rings (SSSR count). The third-order valence-electron chi connectivity index (χ3n) is 5.35. The Balaban J connectivity index is 2.45. The predicted octanol–water partition coefficient (Wildman–Crippen LogP) is 4.23. The number of nitrogens with zero attached hydrogens (tertiary/aromatic N) is 2. The van der Waals surface area contributed by atoms with Crippen molar-refractivity contribution in [1.29, 1.82) is 0 Å². The maximum Gasteiger partial charge on any atom is 0.244 e. The Morgan fingerprint density at radius 3 is 2.32 bits per heavy atom. The number of nitrogens with one attached hydrogen (secondary N) is 1. The lowest BCUT2D eigenvalue weighted by molar-refractivity contribution is -0.139. The number of benzene rings is 2. The Morgan fingerprint density at radius 2 is 1.74 bits per heavy atom. The standard InChI is InChI=1S/C23H28Cl2FN3O4S/c1-5-15(2)27-23(31)16(3)28(13-17-9-6-7-11-19(17)26)21(30)14-29(34(4,32)33)20-12-8-10-18(24)22(20)25/h6-12,15-16H,5,13-14H2,1-4H3,(H,27,31). The highest BCUT2D eigenvalue weighted by molar-refractivity contribution is 7.92. The fourth-order valence-corrected chi connectivity index (χ4v) is 4.44. The zero-order valence-corrected chi connectivity index (χ0v) is 21.7. The minimum absolute atomic E-state index is 0.0209. The van der Waals surface area contributed by atoms with Crippen LogP contribution in [0.2, 0.25) is 10.0 Å². The Bertz CT molecular complexity index is 1150. The van der Waals surface area contributed by atoms with Gasteiger partial charge in [-0.05, 0) is 38.5 Å². The molecule has 0 aliphatic rings. The second-order valence-electron chi connectivity index (χ2n) is 7.95. The molecular weight excluding hydrogens is 504 g/mol. The van der Waals surface area contributed by atoms with Gasteiger partial charge < -0.3 is 10.2 Å². The lowest BCUT2D eigenvalue weighted by Gasteiger charge is -2.32. The van der Waals surface area contributed by atoms with Gasteiger partial charge in [-0.15, -0.1) is 0 Å². The summed E-state index contributed by atoms with van der Waals surface area (Å²) in [7, 11) is -3.97. The summed E-state index contributed by atoms with van der Waals surface area (Å²) in [4.78, 5) is 27.4. The highest BCUT2D eigenvalue weighted by Gasteiger charge is 2.31. The van der Waals surface area contributed by atoms with E-state index in [9.17, 15) is 22.4 Å². The van der Waals surface area contributed by atoms with Crippen molar-refractivity contribution in [3.8, 4) is 0 Å². The molecule has 0 aliphatic heterocycles. The van der Waals surface area contributed by atoms with Crippen molar-refractivity contribution < 1.29 is 22.4 Å². The molecule has 2 amide bonds. The van der Waals surface area contributed by atoms with Gasteiger partial charge in [0.25, 0.3) is 0 Å². The maximum absolute atomic E-state index is 14.4. The minimum atomic E-state index is -3.97. The van der Waals surface area contributed by atoms with Crippen LogP contribution in [-0.4, -0.2) is 50.0 Å². The Morgan fingerprint density at radius 1 is 1.09 bits per heavy atom. The van der Waals surface area contributed by atoms with Gasteiger partial charge in [0.15, 0.2) is 0 Å². The van der Waals surface area contributed by atoms with E-state index in [2.05, 4.69) is 5.32 Å². The second-order valence-corrected chi connectivity index (χ2v) is 10.6. The van der Waals surface area contributed by atoms with Crippen LogP contribution in [0.4, 0.5) is 10.1 Å². The topological polar surface area (TPSA) is 86.8 Å². The average Bonchev–Trinajstić information content (AvgIpc) is 2.77. The van der Waals surface area contributed by atoms with E-state index in [0.717, 1.165) is 15.5 Å². The van der Waals surface area contributed by atoms with E-state index in [1.165, 1.54) is 43.3 Å². The summed E-state index contributed by atoms with van der Waals surface area (Å²) in [5.74, 6) is -1.70. The van der Waals surface area contributed by atoms with Gasteiger partial charge in [-0.1, -0.05) is 54.4 Å². The molecule has 2 aromatic carbocycles. The molecule has 11 heteroatoms. The summed E-state index contributed by atoms with van der Waals surface area (Å²) < 4.78 is 40.3. The van der Waals surface area contributed by atoms with Gasteiger partial charge in [0.2, 0.25) is 21.8 Å². The third kappa shape index (κ3) is 7.07. The summed E-state index contributed by atoms with van der Waals surface area (Å²) in [6.07, 6.45) is 1.60. The minimum Gasteiger partial charge on any atom is -0.352 e. The van der Waals surface area contributed by atoms with Crippen molar-refractivity contribution in [2.45, 2.75) is 45.8 Å². The Hall–Kier alpha value is -2.36. The summed E-state index contributed by atoms with van der Waals surface area (Å²) in [5, 5.41) is 2.88. The number of anilines is 1. The van der Waals surface area contributed by atoms with Crippen LogP contribution in [-0.2, 0) is 26.2 Å². The number of amides is 2. The normalized spacial score (nSPS) is 13.1. The molecule has 0 heterocycles. The zero-order chi connectivity index (χ0) is 25.6. The van der Waals surface area contributed by atoms with Crippen LogP contribution < -0.4 is 9.62 Å². The van der Waals surface area contributed by atoms with Crippen LogP contribution in [0.25, 0.3) is 0 Å². The number of halogens is 3. The lowest BCUT2D eigenvalue weighted by Crippen LogP contribution is -2.52. The average molecular weight is 532 g/mol. The van der Waals surface area contributed by atoms with Crippen molar-refractivity contribution in [3.05, 3.63) is 63.9 Å². The van der Waals surface area contributed by atoms with Crippen LogP contribution in [0.15, 0.2) is 42.5 Å². The summed E-state index contributed by atoms with van der Waals surface area (Å²) >= 11 is 12.3. The molecule has 0 radical (unpaired) electrons. The van der Waals surface area contributed by atoms with E-state index in [4.69, 9.17) is 23.2 Å². The van der Waals surface area contributed by atoms with Crippen LogP contribution in [0.5, 0.6) is 0 Å². The molecule has 7 nitrogen and oxygen atoms in total. The highest BCUT2D eigenvalue weighted by Crippen LogP contribution is 2.33. The molecule has 0 aromatic heterocycles. The number of sulfonamides is 1. The van der Waals surface area contributed by atoms with Gasteiger partial charge in [0, 0.05) is 18.2 Å². The first kappa shape index (κ1) is 27.9. The smallest absolute Gasteiger partial charge is 0.244 e. The number of rotatable bonds is 10. The van der Waals surface area contributed by atoms with E-state index in [0.29, 0.717) is 6.42 Å². The maximum atomic E-state index is 14.4. The first-order valence-electron chi connectivity index (χ1n) is 10.6. The molecule has 1 N–H and O–H groups in total. The van der Waals surface area contributed by atoms with Crippen molar-refractivity contribution in [2.75, 3.05) is 17.1 Å². The number of hydrogen-bond acceptors (Lipinski definition) is 4. The molecular formula is C23H28Cl2FN3O4S. The number of hydrogen-bond donors (Lipinski definition) is 1. The van der Waals surface area contributed by atoms with Crippen molar-refractivity contribution >= 4 is 50.7 Å². The molecule has 34 heavy (non-hydrogen) atoms. The highest BCUT2D eigenvalue weighted by atomic mass is 35.5. The van der Waals surface area contributed by atoms with Crippen LogP contribution in [0.3, 0.4) is 0 Å². The molecule has 0 saturated heterocycles. The van der Waals surface area contributed by atoms with Crippen LogP contribution in [0, 0.1) is 5.82 Å². The first-order chi connectivity index (χ1) is 15.9. The SMILES string of the molecule is CCC(C)NC(=O)C(C)N(Cc1ccccc1F)C(=O)CN(c1cccc(Cl)c1Cl)S(C)(=O)=O. The number of carbonyl (C=O) groups is 2. The van der Waals surface area contributed by atoms with Gasteiger partial charge in [0.1, 0.15) is 18.4 Å². The fourth-order valence-electron chi connectivity index (χ4n) is 3.14. The molecule has 0 spiro atoms. The summed E-state index contributed by atoms with van der Waals surface area (Å²) in [6.45, 7) is 4.33. The van der Waals surface area contributed by atoms with Gasteiger partial charge in [-0.25, -0.2) is 12.8 Å². The predicted molar refractivity (Wildman–Crippen MR) is 133 cm³/mol. The molecule has 0 bridgehead atoms. The monoisotopic (exact) mass is 531 g/mol.